The molecule has 0 aromatic heterocycles. The van der Waals surface area contributed by atoms with Gasteiger partial charge in [0.25, 0.3) is 0 Å². The predicted molar refractivity (Wildman–Crippen MR) is 67.7 cm³/mol. The van der Waals surface area contributed by atoms with Crippen LogP contribution in [-0.4, -0.2) is 24.0 Å². The number of hydrogen-bond donors (Lipinski definition) is 2. The first kappa shape index (κ1) is 11.5. The summed E-state index contributed by atoms with van der Waals surface area (Å²) in [6.07, 6.45) is 10.9. The van der Waals surface area contributed by atoms with Gasteiger partial charge in [-0.1, -0.05) is 19.3 Å². The van der Waals surface area contributed by atoms with Crippen LogP contribution in [0.15, 0.2) is 0 Å². The fourth-order valence-electron chi connectivity index (χ4n) is 3.86. The highest BCUT2D eigenvalue weighted by molar-refractivity contribution is 5.79. The Morgan fingerprint density at radius 2 is 1.59 bits per heavy atom. The molecule has 0 aromatic rings. The number of piperidine rings is 1. The van der Waals surface area contributed by atoms with E-state index in [2.05, 4.69) is 10.6 Å². The zero-order valence-corrected chi connectivity index (χ0v) is 10.6. The molecule has 2 aliphatic heterocycles. The third-order valence-corrected chi connectivity index (χ3v) is 4.80. The normalized spacial score (nSPS) is 38.0. The summed E-state index contributed by atoms with van der Waals surface area (Å²) < 4.78 is 0. The molecule has 1 saturated carbocycles. The molecule has 2 bridgehead atoms. The zero-order valence-electron chi connectivity index (χ0n) is 10.6. The van der Waals surface area contributed by atoms with Gasteiger partial charge in [0.15, 0.2) is 0 Å². The first-order chi connectivity index (χ1) is 8.31. The van der Waals surface area contributed by atoms with Gasteiger partial charge in [0.05, 0.1) is 0 Å². The monoisotopic (exact) mass is 236 g/mol. The number of nitrogens with one attached hydrogen (secondary N) is 2. The summed E-state index contributed by atoms with van der Waals surface area (Å²) in [7, 11) is 0. The molecule has 2 unspecified atom stereocenters. The Balaban J connectivity index is 1.50. The van der Waals surface area contributed by atoms with Crippen molar-refractivity contribution in [1.29, 1.82) is 0 Å². The van der Waals surface area contributed by atoms with Gasteiger partial charge in [0, 0.05) is 24.0 Å². The van der Waals surface area contributed by atoms with E-state index in [4.69, 9.17) is 0 Å². The maximum absolute atomic E-state index is 12.2. The van der Waals surface area contributed by atoms with Crippen molar-refractivity contribution in [3.8, 4) is 0 Å². The lowest BCUT2D eigenvalue weighted by Gasteiger charge is -2.31. The van der Waals surface area contributed by atoms with E-state index in [0.717, 1.165) is 25.7 Å². The van der Waals surface area contributed by atoms with Crippen LogP contribution in [-0.2, 0) is 4.79 Å². The van der Waals surface area contributed by atoms with Crippen LogP contribution >= 0.6 is 0 Å². The number of carbonyl (C=O) groups is 1. The Kier molecular flexibility index (Phi) is 3.37. The highest BCUT2D eigenvalue weighted by Crippen LogP contribution is 2.28. The summed E-state index contributed by atoms with van der Waals surface area (Å²) in [5.74, 6) is 0.660. The molecule has 3 fully saturated rings. The Labute approximate surface area is 104 Å². The topological polar surface area (TPSA) is 41.1 Å². The minimum atomic E-state index is 0.316. The first-order valence-corrected chi connectivity index (χ1v) is 7.37. The molecular weight excluding hydrogens is 212 g/mol. The maximum atomic E-state index is 12.2. The predicted octanol–water partition coefficient (Wildman–Crippen LogP) is 1.97. The Bertz CT molecular complexity index is 274. The average molecular weight is 236 g/mol. The average Bonchev–Trinajstić information content (AvgIpc) is 2.70. The molecule has 3 rings (SSSR count). The van der Waals surface area contributed by atoms with Gasteiger partial charge in [-0.2, -0.15) is 0 Å². The second kappa shape index (κ2) is 4.97. The van der Waals surface area contributed by atoms with Gasteiger partial charge < -0.3 is 10.6 Å². The van der Waals surface area contributed by atoms with Crippen molar-refractivity contribution in [3.63, 3.8) is 0 Å². The molecule has 0 aromatic carbocycles. The van der Waals surface area contributed by atoms with E-state index in [0.29, 0.717) is 30.0 Å². The summed E-state index contributed by atoms with van der Waals surface area (Å²) in [6.45, 7) is 0. The number of fused-ring (bicyclic) bond motifs is 2. The number of rotatable bonds is 2. The molecule has 17 heavy (non-hydrogen) atoms. The smallest absolute Gasteiger partial charge is 0.223 e. The van der Waals surface area contributed by atoms with E-state index < -0.39 is 0 Å². The van der Waals surface area contributed by atoms with Crippen molar-refractivity contribution in [2.24, 2.45) is 5.92 Å². The zero-order chi connectivity index (χ0) is 11.7. The van der Waals surface area contributed by atoms with E-state index in [1.807, 2.05) is 0 Å². The minimum Gasteiger partial charge on any atom is -0.353 e. The van der Waals surface area contributed by atoms with E-state index in [9.17, 15) is 4.79 Å². The van der Waals surface area contributed by atoms with E-state index in [1.54, 1.807) is 0 Å². The van der Waals surface area contributed by atoms with Crippen LogP contribution < -0.4 is 10.6 Å². The van der Waals surface area contributed by atoms with Crippen molar-refractivity contribution in [2.45, 2.75) is 75.9 Å². The summed E-state index contributed by atoms with van der Waals surface area (Å²) >= 11 is 0. The highest BCUT2D eigenvalue weighted by Gasteiger charge is 2.34. The molecule has 0 spiro atoms. The maximum Gasteiger partial charge on any atom is 0.223 e. The first-order valence-electron chi connectivity index (χ1n) is 7.37. The van der Waals surface area contributed by atoms with Gasteiger partial charge in [0.1, 0.15) is 0 Å². The largest absolute Gasteiger partial charge is 0.353 e. The van der Waals surface area contributed by atoms with E-state index in [-0.39, 0.29) is 0 Å². The summed E-state index contributed by atoms with van der Waals surface area (Å²) in [5.41, 5.74) is 0. The molecule has 96 valence electrons. The van der Waals surface area contributed by atoms with Crippen LogP contribution in [0.2, 0.25) is 0 Å². The second-order valence-corrected chi connectivity index (χ2v) is 6.15. The summed E-state index contributed by atoms with van der Waals surface area (Å²) in [4.78, 5) is 12.2. The molecule has 3 heteroatoms. The fourth-order valence-corrected chi connectivity index (χ4v) is 3.86. The summed E-state index contributed by atoms with van der Waals surface area (Å²) in [5, 5.41) is 6.93. The lowest BCUT2D eigenvalue weighted by Crippen LogP contribution is -2.49. The van der Waals surface area contributed by atoms with Gasteiger partial charge in [-0.15, -0.1) is 0 Å². The lowest BCUT2D eigenvalue weighted by atomic mass is 9.88. The Hall–Kier alpha value is -0.570. The molecule has 2 heterocycles. The van der Waals surface area contributed by atoms with Gasteiger partial charge in [-0.25, -0.2) is 0 Å². The van der Waals surface area contributed by atoms with Crippen LogP contribution in [0, 0.1) is 5.92 Å². The summed E-state index contributed by atoms with van der Waals surface area (Å²) in [6, 6.07) is 1.79. The molecule has 0 radical (unpaired) electrons. The molecule has 1 amide bonds. The van der Waals surface area contributed by atoms with Crippen LogP contribution in [0.1, 0.15) is 57.8 Å². The van der Waals surface area contributed by atoms with Crippen LogP contribution in [0.25, 0.3) is 0 Å². The fraction of sp³-hybridized carbons (Fsp3) is 0.929. The quantitative estimate of drug-likeness (QED) is 0.769. The Morgan fingerprint density at radius 1 is 0.941 bits per heavy atom. The van der Waals surface area contributed by atoms with Gasteiger partial charge in [-0.3, -0.25) is 4.79 Å². The molecule has 2 N–H and O–H groups in total. The molecular formula is C14H24N2O. The van der Waals surface area contributed by atoms with E-state index in [1.165, 1.54) is 32.1 Å². The van der Waals surface area contributed by atoms with Crippen LogP contribution in [0.5, 0.6) is 0 Å². The van der Waals surface area contributed by atoms with Gasteiger partial charge >= 0.3 is 0 Å². The minimum absolute atomic E-state index is 0.316. The molecule has 1 aliphatic carbocycles. The van der Waals surface area contributed by atoms with Crippen molar-refractivity contribution < 1.29 is 4.79 Å². The number of hydrogen-bond acceptors (Lipinski definition) is 2. The lowest BCUT2D eigenvalue weighted by molar-refractivity contribution is -0.126. The standard InChI is InChI=1S/C14H24N2O/c17-14(10-4-2-1-3-5-10)16-13-8-11-6-7-12(9-13)15-11/h10-13,15H,1-9H2,(H,16,17). The van der Waals surface area contributed by atoms with Gasteiger partial charge in [-0.05, 0) is 38.5 Å². The highest BCUT2D eigenvalue weighted by atomic mass is 16.1. The number of carbonyl (C=O) groups excluding carboxylic acids is 1. The third kappa shape index (κ3) is 2.65. The van der Waals surface area contributed by atoms with Crippen molar-refractivity contribution in [2.75, 3.05) is 0 Å². The molecule has 3 nitrogen and oxygen atoms in total. The molecule has 2 saturated heterocycles. The van der Waals surface area contributed by atoms with Gasteiger partial charge in [0.2, 0.25) is 5.91 Å². The molecule has 3 aliphatic rings. The van der Waals surface area contributed by atoms with Crippen molar-refractivity contribution in [1.82, 2.24) is 10.6 Å². The third-order valence-electron chi connectivity index (χ3n) is 4.80. The Morgan fingerprint density at radius 3 is 2.24 bits per heavy atom. The molecule has 2 atom stereocenters. The van der Waals surface area contributed by atoms with Crippen LogP contribution in [0.4, 0.5) is 0 Å². The van der Waals surface area contributed by atoms with E-state index >= 15 is 0 Å². The second-order valence-electron chi connectivity index (χ2n) is 6.15. The van der Waals surface area contributed by atoms with Crippen molar-refractivity contribution in [3.05, 3.63) is 0 Å². The SMILES string of the molecule is O=C(NC1CC2CCC(C1)N2)C1CCCCC1. The number of amides is 1. The van der Waals surface area contributed by atoms with Crippen LogP contribution in [0.3, 0.4) is 0 Å². The van der Waals surface area contributed by atoms with Crippen molar-refractivity contribution >= 4 is 5.91 Å².